The number of alkyl halides is 3. The van der Waals surface area contributed by atoms with Crippen LogP contribution in [0.2, 0.25) is 0 Å². The Morgan fingerprint density at radius 2 is 2.07 bits per heavy atom. The Hall–Kier alpha value is -1.34. The molecule has 1 aromatic rings. The summed E-state index contributed by atoms with van der Waals surface area (Å²) in [6.45, 7) is 7.80. The third kappa shape index (κ3) is 10.3. The van der Waals surface area contributed by atoms with Gasteiger partial charge in [-0.05, 0) is 25.5 Å². The second kappa shape index (κ2) is 13.1. The van der Waals surface area contributed by atoms with Crippen molar-refractivity contribution in [1.29, 1.82) is 0 Å². The van der Waals surface area contributed by atoms with Gasteiger partial charge in [0.2, 0.25) is 5.88 Å². The monoisotopic (exact) mass is 531 g/mol. The number of aliphatic imine (C=N–C) groups is 1. The van der Waals surface area contributed by atoms with E-state index >= 15 is 0 Å². The summed E-state index contributed by atoms with van der Waals surface area (Å²) < 4.78 is 46.8. The molecule has 2 rings (SSSR count). The second-order valence-electron chi connectivity index (χ2n) is 6.48. The fraction of sp³-hybridized carbons (Fsp3) is 0.667. The molecule has 7 nitrogen and oxygen atoms in total. The highest BCUT2D eigenvalue weighted by Gasteiger charge is 2.28. The van der Waals surface area contributed by atoms with Crippen LogP contribution in [-0.2, 0) is 11.3 Å². The highest BCUT2D eigenvalue weighted by atomic mass is 127. The molecule has 1 unspecified atom stereocenters. The van der Waals surface area contributed by atoms with Crippen LogP contribution in [0.4, 0.5) is 13.2 Å². The molecule has 0 saturated carbocycles. The molecule has 166 valence electrons. The summed E-state index contributed by atoms with van der Waals surface area (Å²) in [6, 6.07) is 3.50. The maximum Gasteiger partial charge on any atom is 0.422 e. The molecule has 0 aromatic carbocycles. The number of nitrogens with one attached hydrogen (secondary N) is 2. The molecule has 0 amide bonds. The van der Waals surface area contributed by atoms with Gasteiger partial charge >= 0.3 is 6.18 Å². The van der Waals surface area contributed by atoms with Crippen LogP contribution in [0.1, 0.15) is 19.4 Å². The summed E-state index contributed by atoms with van der Waals surface area (Å²) in [6.07, 6.45) is -2.98. The first kappa shape index (κ1) is 25.7. The van der Waals surface area contributed by atoms with Crippen LogP contribution in [0.15, 0.2) is 23.3 Å². The molecular formula is C18H29F3IN5O2. The number of aromatic nitrogens is 1. The Kier molecular flexibility index (Phi) is 11.6. The first-order chi connectivity index (χ1) is 13.4. The standard InChI is InChI=1S/C18H28F3N5O2.HI/c1-3-22-17(24-11-14(2)26-6-8-27-9-7-26)25-12-15-4-5-23-16(10-15)28-13-18(19,20)21;/h4-5,10,14H,3,6-9,11-13H2,1-2H3,(H2,22,24,25);1H. The van der Waals surface area contributed by atoms with Crippen molar-refractivity contribution in [3.63, 3.8) is 0 Å². The maximum atomic E-state index is 12.3. The zero-order valence-electron chi connectivity index (χ0n) is 16.7. The van der Waals surface area contributed by atoms with Gasteiger partial charge in [-0.2, -0.15) is 13.2 Å². The van der Waals surface area contributed by atoms with Gasteiger partial charge in [-0.15, -0.1) is 24.0 Å². The SMILES string of the molecule is CCNC(=NCc1ccnc(OCC(F)(F)F)c1)NCC(C)N1CCOCC1.I. The molecule has 2 heterocycles. The minimum Gasteiger partial charge on any atom is -0.468 e. The zero-order valence-corrected chi connectivity index (χ0v) is 19.0. The smallest absolute Gasteiger partial charge is 0.422 e. The molecule has 1 fully saturated rings. The molecule has 1 aliphatic heterocycles. The van der Waals surface area contributed by atoms with Gasteiger partial charge in [0.15, 0.2) is 12.6 Å². The van der Waals surface area contributed by atoms with Gasteiger partial charge < -0.3 is 20.1 Å². The number of halogens is 4. The van der Waals surface area contributed by atoms with Crippen molar-refractivity contribution < 1.29 is 22.6 Å². The summed E-state index contributed by atoms with van der Waals surface area (Å²) in [7, 11) is 0. The van der Waals surface area contributed by atoms with E-state index in [0.717, 1.165) is 32.8 Å². The summed E-state index contributed by atoms with van der Waals surface area (Å²) in [4.78, 5) is 10.7. The van der Waals surface area contributed by atoms with Gasteiger partial charge in [-0.25, -0.2) is 9.98 Å². The van der Waals surface area contributed by atoms with E-state index in [1.54, 1.807) is 6.07 Å². The molecule has 1 aliphatic rings. The largest absolute Gasteiger partial charge is 0.468 e. The van der Waals surface area contributed by atoms with Crippen LogP contribution >= 0.6 is 24.0 Å². The molecule has 11 heteroatoms. The molecule has 0 bridgehead atoms. The summed E-state index contributed by atoms with van der Waals surface area (Å²) in [5.74, 6) is 0.584. The van der Waals surface area contributed by atoms with Crippen LogP contribution in [0.5, 0.6) is 5.88 Å². The van der Waals surface area contributed by atoms with Crippen molar-refractivity contribution >= 4 is 29.9 Å². The molecule has 0 radical (unpaired) electrons. The van der Waals surface area contributed by atoms with E-state index in [0.29, 0.717) is 30.7 Å². The van der Waals surface area contributed by atoms with Crippen LogP contribution in [0.25, 0.3) is 0 Å². The van der Waals surface area contributed by atoms with Gasteiger partial charge in [-0.1, -0.05) is 0 Å². The van der Waals surface area contributed by atoms with E-state index in [4.69, 9.17) is 4.74 Å². The van der Waals surface area contributed by atoms with E-state index in [2.05, 4.69) is 37.2 Å². The number of hydrogen-bond acceptors (Lipinski definition) is 5. The Labute approximate surface area is 186 Å². The van der Waals surface area contributed by atoms with Crippen molar-refractivity contribution in [1.82, 2.24) is 20.5 Å². The summed E-state index contributed by atoms with van der Waals surface area (Å²) >= 11 is 0. The predicted octanol–water partition coefficient (Wildman–Crippen LogP) is 2.42. The molecule has 0 spiro atoms. The van der Waals surface area contributed by atoms with Gasteiger partial charge in [-0.3, -0.25) is 4.90 Å². The van der Waals surface area contributed by atoms with E-state index < -0.39 is 12.8 Å². The van der Waals surface area contributed by atoms with E-state index in [1.165, 1.54) is 12.3 Å². The number of ether oxygens (including phenoxy) is 2. The number of morpholine rings is 1. The van der Waals surface area contributed by atoms with Crippen molar-refractivity contribution in [2.24, 2.45) is 4.99 Å². The van der Waals surface area contributed by atoms with E-state index in [1.807, 2.05) is 6.92 Å². The lowest BCUT2D eigenvalue weighted by Crippen LogP contribution is -2.49. The molecule has 0 aliphatic carbocycles. The Morgan fingerprint density at radius 1 is 1.34 bits per heavy atom. The molecule has 29 heavy (non-hydrogen) atoms. The van der Waals surface area contributed by atoms with Gasteiger partial charge in [0.25, 0.3) is 0 Å². The molecule has 1 saturated heterocycles. The van der Waals surface area contributed by atoms with E-state index in [9.17, 15) is 13.2 Å². The Bertz CT molecular complexity index is 628. The molecule has 2 N–H and O–H groups in total. The van der Waals surface area contributed by atoms with Crippen LogP contribution in [-0.4, -0.2) is 74.1 Å². The molecule has 1 aromatic heterocycles. The van der Waals surface area contributed by atoms with Crippen molar-refractivity contribution in [2.45, 2.75) is 32.6 Å². The highest BCUT2D eigenvalue weighted by molar-refractivity contribution is 14.0. The van der Waals surface area contributed by atoms with E-state index in [-0.39, 0.29) is 29.9 Å². The lowest BCUT2D eigenvalue weighted by atomic mass is 10.2. The normalized spacial score (nSPS) is 16.7. The van der Waals surface area contributed by atoms with Crippen molar-refractivity contribution in [2.75, 3.05) is 46.0 Å². The summed E-state index contributed by atoms with van der Waals surface area (Å²) in [5, 5.41) is 6.48. The number of nitrogens with zero attached hydrogens (tertiary/aromatic N) is 3. The lowest BCUT2D eigenvalue weighted by molar-refractivity contribution is -0.154. The number of rotatable bonds is 8. The summed E-state index contributed by atoms with van der Waals surface area (Å²) in [5.41, 5.74) is 0.714. The average Bonchev–Trinajstić information content (AvgIpc) is 2.69. The van der Waals surface area contributed by atoms with Crippen LogP contribution < -0.4 is 15.4 Å². The Morgan fingerprint density at radius 3 is 2.72 bits per heavy atom. The Balaban J connectivity index is 0.00000420. The van der Waals surface area contributed by atoms with Crippen molar-refractivity contribution in [3.8, 4) is 5.88 Å². The lowest BCUT2D eigenvalue weighted by Gasteiger charge is -2.32. The van der Waals surface area contributed by atoms with Crippen LogP contribution in [0.3, 0.4) is 0 Å². The average molecular weight is 531 g/mol. The number of guanidine groups is 1. The highest BCUT2D eigenvalue weighted by Crippen LogP contribution is 2.17. The second-order valence-corrected chi connectivity index (χ2v) is 6.48. The fourth-order valence-electron chi connectivity index (χ4n) is 2.69. The number of pyridine rings is 1. The van der Waals surface area contributed by atoms with Gasteiger partial charge in [0.1, 0.15) is 0 Å². The maximum absolute atomic E-state index is 12.3. The number of hydrogen-bond donors (Lipinski definition) is 2. The predicted molar refractivity (Wildman–Crippen MR) is 116 cm³/mol. The minimum absolute atomic E-state index is 0. The van der Waals surface area contributed by atoms with Crippen molar-refractivity contribution in [3.05, 3.63) is 23.9 Å². The first-order valence-electron chi connectivity index (χ1n) is 9.36. The van der Waals surface area contributed by atoms with Gasteiger partial charge in [0.05, 0.1) is 19.8 Å². The fourth-order valence-corrected chi connectivity index (χ4v) is 2.69. The third-order valence-corrected chi connectivity index (χ3v) is 4.18. The first-order valence-corrected chi connectivity index (χ1v) is 9.36. The molecular weight excluding hydrogens is 502 g/mol. The molecule has 1 atom stereocenters. The van der Waals surface area contributed by atoms with Gasteiger partial charge in [0, 0.05) is 44.5 Å². The quantitative estimate of drug-likeness (QED) is 0.305. The topological polar surface area (TPSA) is 71.0 Å². The van der Waals surface area contributed by atoms with Crippen LogP contribution in [0, 0.1) is 0 Å². The minimum atomic E-state index is -4.39. The third-order valence-electron chi connectivity index (χ3n) is 4.18. The zero-order chi connectivity index (χ0) is 20.4.